The van der Waals surface area contributed by atoms with Crippen LogP contribution < -0.4 is 5.32 Å². The van der Waals surface area contributed by atoms with Gasteiger partial charge < -0.3 is 20.2 Å². The number of fused-ring (bicyclic) bond motifs is 2. The summed E-state index contributed by atoms with van der Waals surface area (Å²) < 4.78 is 2.12. The Balaban J connectivity index is 1.25. The molecule has 2 aliphatic heterocycles. The first-order valence-electron chi connectivity index (χ1n) is 16.8. The number of hydrazine groups is 1. The lowest BCUT2D eigenvalue weighted by atomic mass is 9.98. The summed E-state index contributed by atoms with van der Waals surface area (Å²) in [5, 5.41) is 17.2. The number of nitrogens with zero attached hydrogens (tertiary/aromatic N) is 6. The fourth-order valence-electron chi connectivity index (χ4n) is 6.81. The Kier molecular flexibility index (Phi) is 9.78. The number of rotatable bonds is 10. The molecule has 260 valence electrons. The molecule has 0 aliphatic carbocycles. The van der Waals surface area contributed by atoms with Gasteiger partial charge in [0.15, 0.2) is 0 Å². The molecule has 2 saturated heterocycles. The van der Waals surface area contributed by atoms with Crippen LogP contribution >= 0.6 is 11.9 Å². The number of para-hydroxylation sites is 1. The van der Waals surface area contributed by atoms with Crippen LogP contribution in [-0.4, -0.2) is 83.6 Å². The maximum Gasteiger partial charge on any atom is 0.334 e. The first kappa shape index (κ1) is 33.9. The molecule has 51 heavy (non-hydrogen) atoms. The Hall–Kier alpha value is -5.59. The lowest BCUT2D eigenvalue weighted by Gasteiger charge is -2.55. The van der Waals surface area contributed by atoms with E-state index in [9.17, 15) is 19.5 Å². The zero-order valence-corrected chi connectivity index (χ0v) is 29.1. The molecule has 3 aromatic carbocycles. The molecule has 5 aromatic rings. The lowest BCUT2D eigenvalue weighted by molar-refractivity contribution is -0.189. The highest BCUT2D eigenvalue weighted by molar-refractivity contribution is 7.98. The maximum atomic E-state index is 14.6. The summed E-state index contributed by atoms with van der Waals surface area (Å²) in [4.78, 5) is 51.4. The lowest BCUT2D eigenvalue weighted by Crippen LogP contribution is -2.76. The number of aryl methyl sites for hydroxylation is 1. The Morgan fingerprint density at radius 1 is 1.02 bits per heavy atom. The van der Waals surface area contributed by atoms with Gasteiger partial charge in [-0.1, -0.05) is 60.2 Å². The molecular weight excluding hydrogens is 663 g/mol. The van der Waals surface area contributed by atoms with Gasteiger partial charge in [0.25, 0.3) is 0 Å². The fourth-order valence-corrected chi connectivity index (χ4v) is 7.73. The summed E-state index contributed by atoms with van der Waals surface area (Å²) in [6, 6.07) is 27.3. The van der Waals surface area contributed by atoms with Gasteiger partial charge >= 0.3 is 6.03 Å². The van der Waals surface area contributed by atoms with E-state index in [0.29, 0.717) is 5.69 Å². The van der Waals surface area contributed by atoms with Crippen molar-refractivity contribution < 1.29 is 19.5 Å². The number of urea groups is 1. The van der Waals surface area contributed by atoms with Crippen molar-refractivity contribution in [3.63, 3.8) is 0 Å². The van der Waals surface area contributed by atoms with Gasteiger partial charge in [-0.25, -0.2) is 14.8 Å². The fraction of sp³-hybridized carbons (Fsp3) is 0.231. The van der Waals surface area contributed by atoms with E-state index < -0.39 is 18.2 Å². The number of carbonyl (C=O) groups excluding carboxylic acids is 3. The molecule has 0 radical (unpaired) electrons. The third kappa shape index (κ3) is 7.19. The summed E-state index contributed by atoms with van der Waals surface area (Å²) in [5.74, 6) is -0.351. The number of piperazine rings is 1. The van der Waals surface area contributed by atoms with Crippen LogP contribution in [0.15, 0.2) is 121 Å². The van der Waals surface area contributed by atoms with Gasteiger partial charge in [-0.3, -0.25) is 18.5 Å². The van der Waals surface area contributed by atoms with E-state index in [0.717, 1.165) is 26.9 Å². The molecule has 0 saturated carbocycles. The maximum absolute atomic E-state index is 14.6. The van der Waals surface area contributed by atoms with E-state index in [4.69, 9.17) is 0 Å². The Labute approximate surface area is 300 Å². The summed E-state index contributed by atoms with van der Waals surface area (Å²) in [6.07, 6.45) is 4.78. The van der Waals surface area contributed by atoms with Crippen molar-refractivity contribution >= 4 is 40.7 Å². The van der Waals surface area contributed by atoms with Gasteiger partial charge in [-0.05, 0) is 72.5 Å². The van der Waals surface area contributed by atoms with Gasteiger partial charge in [-0.15, -0.1) is 6.58 Å². The predicted molar refractivity (Wildman–Crippen MR) is 196 cm³/mol. The number of hydrogen-bond acceptors (Lipinski definition) is 7. The third-order valence-electron chi connectivity index (χ3n) is 9.24. The van der Waals surface area contributed by atoms with Crippen LogP contribution in [0.3, 0.4) is 0 Å². The summed E-state index contributed by atoms with van der Waals surface area (Å²) in [5.41, 5.74) is 4.59. The number of hydrogen-bond donors (Lipinski definition) is 2. The molecular formula is C39H39N7O4S. The first-order valence-corrected chi connectivity index (χ1v) is 17.6. The van der Waals surface area contributed by atoms with Crippen LogP contribution in [0.4, 0.5) is 4.79 Å². The first-order chi connectivity index (χ1) is 24.8. The van der Waals surface area contributed by atoms with Crippen LogP contribution in [-0.2, 0) is 29.1 Å². The largest absolute Gasteiger partial charge is 0.508 e. The van der Waals surface area contributed by atoms with Gasteiger partial charge in [0.2, 0.25) is 11.8 Å². The molecule has 0 bridgehead atoms. The van der Waals surface area contributed by atoms with E-state index in [1.54, 1.807) is 68.3 Å². The van der Waals surface area contributed by atoms with Crippen molar-refractivity contribution in [3.8, 4) is 5.75 Å². The number of aromatic hydroxyl groups is 1. The van der Waals surface area contributed by atoms with Crippen molar-refractivity contribution in [1.29, 1.82) is 0 Å². The second-order valence-electron chi connectivity index (χ2n) is 12.7. The zero-order chi connectivity index (χ0) is 35.5. The van der Waals surface area contributed by atoms with E-state index in [2.05, 4.69) is 64.2 Å². The highest BCUT2D eigenvalue weighted by Gasteiger charge is 2.51. The molecule has 0 spiro atoms. The predicted octanol–water partition coefficient (Wildman–Crippen LogP) is 5.34. The Morgan fingerprint density at radius 2 is 1.82 bits per heavy atom. The average Bonchev–Trinajstić information content (AvgIpc) is 3.55. The highest BCUT2D eigenvalue weighted by atomic mass is 32.2. The van der Waals surface area contributed by atoms with Crippen LogP contribution in [0.25, 0.3) is 10.9 Å². The normalized spacial score (nSPS) is 17.9. The molecule has 2 aliphatic rings. The Bertz CT molecular complexity index is 2050. The third-order valence-corrected chi connectivity index (χ3v) is 10.2. The molecule has 7 rings (SSSR count). The van der Waals surface area contributed by atoms with Crippen molar-refractivity contribution in [2.75, 3.05) is 19.6 Å². The van der Waals surface area contributed by atoms with E-state index >= 15 is 0 Å². The Morgan fingerprint density at radius 3 is 2.57 bits per heavy atom. The van der Waals surface area contributed by atoms with Crippen LogP contribution in [0.5, 0.6) is 5.75 Å². The second-order valence-corrected chi connectivity index (χ2v) is 13.8. The van der Waals surface area contributed by atoms with E-state index in [-0.39, 0.29) is 56.7 Å². The molecule has 4 heterocycles. The molecule has 2 N–H and O–H groups in total. The number of carbonyl (C=O) groups is 3. The number of nitrogens with one attached hydrogen (secondary N) is 1. The van der Waals surface area contributed by atoms with Gasteiger partial charge in [0.05, 0.1) is 30.8 Å². The van der Waals surface area contributed by atoms with E-state index in [1.165, 1.54) is 5.56 Å². The van der Waals surface area contributed by atoms with Gasteiger partial charge in [-0.2, -0.15) is 0 Å². The quantitative estimate of drug-likeness (QED) is 0.189. The number of amides is 4. The molecule has 11 nitrogen and oxygen atoms in total. The van der Waals surface area contributed by atoms with Crippen LogP contribution in [0.2, 0.25) is 0 Å². The molecule has 2 aromatic heterocycles. The standard InChI is InChI=1S/C39H39N7O4S/c1-3-20-43-26-36(48)45-34(22-28-12-14-32(47)15-13-28)38(49)42(25-35(45)46(43)39(50)41-23-31-9-4-5-19-40-31)24-30-8-6-7-29-18-21-44(37(29)30)51-33-16-10-27(2)11-17-33/h3-19,21,34-35,47H,1,20,22-26H2,2H3,(H,41,50)/t34-,35-/m0/s1. The van der Waals surface area contributed by atoms with Crippen LogP contribution in [0, 0.1) is 6.92 Å². The molecule has 4 amide bonds. The number of pyridine rings is 1. The molecule has 2 atom stereocenters. The van der Waals surface area contributed by atoms with Crippen molar-refractivity contribution in [1.82, 2.24) is 34.1 Å². The van der Waals surface area contributed by atoms with Gasteiger partial charge in [0, 0.05) is 42.2 Å². The minimum absolute atomic E-state index is 0.0953. The smallest absolute Gasteiger partial charge is 0.334 e. The van der Waals surface area contributed by atoms with E-state index in [1.807, 2.05) is 36.5 Å². The average molecular weight is 702 g/mol. The van der Waals surface area contributed by atoms with Crippen molar-refractivity contribution in [2.45, 2.75) is 43.5 Å². The molecule has 12 heteroatoms. The second kappa shape index (κ2) is 14.7. The number of aromatic nitrogens is 2. The zero-order valence-electron chi connectivity index (χ0n) is 28.3. The summed E-state index contributed by atoms with van der Waals surface area (Å²) >= 11 is 1.60. The number of benzene rings is 3. The number of phenols is 1. The molecule has 2 fully saturated rings. The van der Waals surface area contributed by atoms with Crippen molar-refractivity contribution in [3.05, 3.63) is 138 Å². The minimum atomic E-state index is -0.884. The minimum Gasteiger partial charge on any atom is -0.508 e. The van der Waals surface area contributed by atoms with Gasteiger partial charge in [0.1, 0.15) is 18.0 Å². The topological polar surface area (TPSA) is 114 Å². The highest BCUT2D eigenvalue weighted by Crippen LogP contribution is 2.33. The summed E-state index contributed by atoms with van der Waals surface area (Å²) in [7, 11) is 0. The SMILES string of the molecule is C=CCN1CC(=O)N2[C@@H](Cc3ccc(O)cc3)C(=O)N(Cc3cccc4ccn(Sc5ccc(C)cc5)c34)C[C@@H]2N1C(=O)NCc1ccccn1. The number of phenolic OH excluding ortho intramolecular Hbond substituents is 1. The van der Waals surface area contributed by atoms with Crippen molar-refractivity contribution in [2.24, 2.45) is 0 Å². The molecule has 0 unspecified atom stereocenters. The monoisotopic (exact) mass is 701 g/mol. The van der Waals surface area contributed by atoms with Crippen LogP contribution in [0.1, 0.15) is 22.4 Å². The summed E-state index contributed by atoms with van der Waals surface area (Å²) in [6.45, 7) is 6.66.